The zero-order valence-corrected chi connectivity index (χ0v) is 20.7. The molecule has 0 spiro atoms. The van der Waals surface area contributed by atoms with Crippen molar-refractivity contribution < 1.29 is 35.9 Å². The summed E-state index contributed by atoms with van der Waals surface area (Å²) in [4.78, 5) is 23.3. The molecule has 2 aromatic rings. The number of benzene rings is 2. The maximum Gasteiger partial charge on any atom is 0.337 e. The van der Waals surface area contributed by atoms with Gasteiger partial charge in [0.25, 0.3) is 0 Å². The molecule has 0 aliphatic heterocycles. The van der Waals surface area contributed by atoms with E-state index in [9.17, 15) is 26.4 Å². The first-order chi connectivity index (χ1) is 16.0. The number of hydrogen-bond donors (Lipinski definition) is 0. The van der Waals surface area contributed by atoms with Gasteiger partial charge in [0.1, 0.15) is 6.10 Å². The highest BCUT2D eigenvalue weighted by atomic mass is 32.3. The molecule has 10 heteroatoms. The van der Waals surface area contributed by atoms with E-state index in [0.717, 1.165) is 6.92 Å². The average molecular weight is 509 g/mol. The van der Waals surface area contributed by atoms with Crippen LogP contribution in [-0.4, -0.2) is 46.1 Å². The van der Waals surface area contributed by atoms with Gasteiger partial charge in [-0.3, -0.25) is 4.79 Å². The van der Waals surface area contributed by atoms with E-state index in [4.69, 9.17) is 9.47 Å². The predicted octanol–water partition coefficient (Wildman–Crippen LogP) is 3.48. The molecule has 8 nitrogen and oxygen atoms in total. The number of sulfone groups is 2. The quantitative estimate of drug-likeness (QED) is 0.316. The maximum atomic E-state index is 13.4. The van der Waals surface area contributed by atoms with Crippen molar-refractivity contribution in [1.82, 2.24) is 0 Å². The summed E-state index contributed by atoms with van der Waals surface area (Å²) >= 11 is 0. The van der Waals surface area contributed by atoms with E-state index < -0.39 is 42.3 Å². The van der Waals surface area contributed by atoms with E-state index in [-0.39, 0.29) is 41.2 Å². The molecule has 0 bridgehead atoms. The van der Waals surface area contributed by atoms with Crippen LogP contribution in [0.4, 0.5) is 0 Å². The topological polar surface area (TPSA) is 121 Å². The Morgan fingerprint density at radius 2 is 1.32 bits per heavy atom. The Balaban J connectivity index is 2.36. The standard InChI is InChI=1S/C24H28O8S2/c1-4-31-24(26)18(2)22(32-19(3)25)16-11-17-23(33(27,28)20-12-7-5-8-13-20)34(29,30)21-14-9-6-10-15-21/h5-10,12-15,22-23H,2,4,11,16-17H2,1,3H3. The molecule has 0 aromatic heterocycles. The largest absolute Gasteiger partial charge is 0.463 e. The fourth-order valence-corrected chi connectivity index (χ4v) is 7.97. The number of hydrogen-bond acceptors (Lipinski definition) is 8. The fourth-order valence-electron chi connectivity index (χ4n) is 3.33. The lowest BCUT2D eigenvalue weighted by molar-refractivity contribution is -0.147. The maximum absolute atomic E-state index is 13.4. The van der Waals surface area contributed by atoms with Crippen LogP contribution in [0, 0.1) is 0 Å². The summed E-state index contributed by atoms with van der Waals surface area (Å²) < 4.78 is 61.8. The zero-order valence-electron chi connectivity index (χ0n) is 19.0. The smallest absolute Gasteiger partial charge is 0.337 e. The Labute approximate surface area is 200 Å². The molecule has 184 valence electrons. The summed E-state index contributed by atoms with van der Waals surface area (Å²) in [6, 6.07) is 14.7. The van der Waals surface area contributed by atoms with E-state index in [1.807, 2.05) is 0 Å². The van der Waals surface area contributed by atoms with Gasteiger partial charge < -0.3 is 9.47 Å². The normalized spacial score (nSPS) is 12.7. The molecule has 0 saturated carbocycles. The van der Waals surface area contributed by atoms with Crippen molar-refractivity contribution in [1.29, 1.82) is 0 Å². The Morgan fingerprint density at radius 1 is 0.853 bits per heavy atom. The molecule has 1 atom stereocenters. The Morgan fingerprint density at radius 3 is 1.74 bits per heavy atom. The van der Waals surface area contributed by atoms with Gasteiger partial charge in [-0.25, -0.2) is 21.6 Å². The van der Waals surface area contributed by atoms with E-state index in [0.29, 0.717) is 0 Å². The van der Waals surface area contributed by atoms with Crippen molar-refractivity contribution in [3.8, 4) is 0 Å². The van der Waals surface area contributed by atoms with E-state index in [1.54, 1.807) is 19.1 Å². The van der Waals surface area contributed by atoms with Crippen LogP contribution in [0.15, 0.2) is 82.6 Å². The van der Waals surface area contributed by atoms with Gasteiger partial charge >= 0.3 is 11.9 Å². The first-order valence-electron chi connectivity index (χ1n) is 10.6. The van der Waals surface area contributed by atoms with Crippen molar-refractivity contribution >= 4 is 31.6 Å². The monoisotopic (exact) mass is 508 g/mol. The molecule has 2 aromatic carbocycles. The molecule has 34 heavy (non-hydrogen) atoms. The molecule has 0 radical (unpaired) electrons. The SMILES string of the molecule is C=C(C(=O)OCC)C(CCCC(S(=O)(=O)c1ccccc1)S(=O)(=O)c1ccccc1)OC(C)=O. The van der Waals surface area contributed by atoms with Gasteiger partial charge in [-0.2, -0.15) is 0 Å². The van der Waals surface area contributed by atoms with Gasteiger partial charge in [0.05, 0.1) is 22.0 Å². The molecule has 0 aliphatic carbocycles. The number of ether oxygens (including phenoxy) is 2. The Bertz CT molecular complexity index is 1130. The average Bonchev–Trinajstić information content (AvgIpc) is 2.81. The highest BCUT2D eigenvalue weighted by Crippen LogP contribution is 2.30. The summed E-state index contributed by atoms with van der Waals surface area (Å²) in [5, 5.41) is 0. The Kier molecular flexibility index (Phi) is 9.57. The van der Waals surface area contributed by atoms with Crippen molar-refractivity contribution in [3.05, 3.63) is 72.8 Å². The van der Waals surface area contributed by atoms with Crippen LogP contribution in [0.1, 0.15) is 33.1 Å². The van der Waals surface area contributed by atoms with Crippen molar-refractivity contribution in [2.45, 2.75) is 53.6 Å². The second-order valence-corrected chi connectivity index (χ2v) is 12.0. The number of esters is 2. The van der Waals surface area contributed by atoms with Crippen LogP contribution >= 0.6 is 0 Å². The minimum absolute atomic E-state index is 0.0116. The van der Waals surface area contributed by atoms with Crippen LogP contribution in [0.25, 0.3) is 0 Å². The lowest BCUT2D eigenvalue weighted by Crippen LogP contribution is -2.31. The van der Waals surface area contributed by atoms with Crippen molar-refractivity contribution in [2.75, 3.05) is 6.61 Å². The molecular weight excluding hydrogens is 480 g/mol. The van der Waals surface area contributed by atoms with E-state index >= 15 is 0 Å². The van der Waals surface area contributed by atoms with Gasteiger partial charge in [0.15, 0.2) is 24.3 Å². The second kappa shape index (κ2) is 11.9. The summed E-state index contributed by atoms with van der Waals surface area (Å²) in [5.74, 6) is -1.42. The molecule has 0 heterocycles. The fraction of sp³-hybridized carbons (Fsp3) is 0.333. The van der Waals surface area contributed by atoms with Gasteiger partial charge in [-0.05, 0) is 50.5 Å². The number of carbonyl (C=O) groups excluding carboxylic acids is 2. The third-order valence-corrected chi connectivity index (χ3v) is 10.2. The van der Waals surface area contributed by atoms with Crippen molar-refractivity contribution in [3.63, 3.8) is 0 Å². The molecule has 0 N–H and O–H groups in total. The highest BCUT2D eigenvalue weighted by molar-refractivity contribution is 8.09. The first-order valence-corrected chi connectivity index (χ1v) is 13.7. The van der Waals surface area contributed by atoms with E-state index in [1.165, 1.54) is 48.5 Å². The third-order valence-electron chi connectivity index (χ3n) is 4.98. The van der Waals surface area contributed by atoms with E-state index in [2.05, 4.69) is 6.58 Å². The molecule has 0 fully saturated rings. The molecular formula is C24H28O8S2. The van der Waals surface area contributed by atoms with Gasteiger partial charge in [-0.1, -0.05) is 43.0 Å². The van der Waals surface area contributed by atoms with Crippen LogP contribution < -0.4 is 0 Å². The van der Waals surface area contributed by atoms with Gasteiger partial charge in [0.2, 0.25) is 0 Å². The molecule has 0 amide bonds. The summed E-state index contributed by atoms with van der Waals surface area (Å²) in [6.07, 6.45) is -1.36. The van der Waals surface area contributed by atoms with Crippen molar-refractivity contribution in [2.24, 2.45) is 0 Å². The summed E-state index contributed by atoms with van der Waals surface area (Å²) in [7, 11) is -8.57. The highest BCUT2D eigenvalue weighted by Gasteiger charge is 2.39. The Hall–Kier alpha value is -2.98. The predicted molar refractivity (Wildman–Crippen MR) is 126 cm³/mol. The molecule has 0 aliphatic rings. The third kappa shape index (κ3) is 6.77. The summed E-state index contributed by atoms with van der Waals surface area (Å²) in [5.41, 5.74) is -0.106. The minimum Gasteiger partial charge on any atom is -0.463 e. The van der Waals surface area contributed by atoms with Crippen LogP contribution in [0.5, 0.6) is 0 Å². The lowest BCUT2D eigenvalue weighted by Gasteiger charge is -2.21. The molecule has 1 unspecified atom stereocenters. The van der Waals surface area contributed by atoms with Gasteiger partial charge in [0, 0.05) is 6.92 Å². The molecule has 2 rings (SSSR count). The minimum atomic E-state index is -4.28. The van der Waals surface area contributed by atoms with Crippen LogP contribution in [-0.2, 0) is 38.7 Å². The zero-order chi connectivity index (χ0) is 25.4. The number of rotatable bonds is 12. The van der Waals surface area contributed by atoms with Crippen LogP contribution in [0.2, 0.25) is 0 Å². The second-order valence-electron chi connectivity index (χ2n) is 7.42. The first kappa shape index (κ1) is 27.3. The molecule has 0 saturated heterocycles. The van der Waals surface area contributed by atoms with Gasteiger partial charge in [-0.15, -0.1) is 0 Å². The summed E-state index contributed by atoms with van der Waals surface area (Å²) in [6.45, 7) is 6.49. The number of carbonyl (C=O) groups is 2. The lowest BCUT2D eigenvalue weighted by atomic mass is 10.1. The van der Waals surface area contributed by atoms with Crippen LogP contribution in [0.3, 0.4) is 0 Å².